The van der Waals surface area contributed by atoms with Gasteiger partial charge in [-0.15, -0.1) is 0 Å². The molecular formula is HN2O2S2+. The standard InChI is InChI=1S/HN2O2S2/c1-5-2-6(3)4/h1H/q+1. The quantitative estimate of drug-likeness (QED) is 0.389. The highest BCUT2D eigenvalue weighted by atomic mass is 32.2. The molecule has 4 nitrogen and oxygen atoms in total. The summed E-state index contributed by atoms with van der Waals surface area (Å²) in [7, 11) is -2.42. The molecule has 0 rings (SSSR count). The van der Waals surface area contributed by atoms with E-state index in [0.717, 1.165) is 0 Å². The largest absolute Gasteiger partial charge is 0.516 e. The van der Waals surface area contributed by atoms with Gasteiger partial charge in [-0.2, -0.15) is 8.42 Å². The maximum atomic E-state index is 9.29. The van der Waals surface area contributed by atoms with Crippen LogP contribution in [0.5, 0.6) is 0 Å². The molecule has 0 radical (unpaired) electrons. The Kier molecular flexibility index (Phi) is 2.68. The van der Waals surface area contributed by atoms with E-state index >= 15 is 0 Å². The average Bonchev–Trinajstić information content (AvgIpc) is 1.35. The lowest BCUT2D eigenvalue weighted by atomic mass is 13.9. The molecule has 0 aromatic rings. The van der Waals surface area contributed by atoms with Gasteiger partial charge in [-0.25, -0.2) is 0 Å². The molecule has 0 aliphatic carbocycles. The first kappa shape index (κ1) is 5.64. The summed E-state index contributed by atoms with van der Waals surface area (Å²) < 4.78 is 27.3. The predicted octanol–water partition coefficient (Wildman–Crippen LogP) is -0.191. The zero-order valence-electron chi connectivity index (χ0n) is 2.58. The van der Waals surface area contributed by atoms with Gasteiger partial charge in [0.15, 0.2) is 3.77 Å². The molecule has 0 bridgehead atoms. The topological polar surface area (TPSA) is 70.3 Å². The smallest absolute Gasteiger partial charge is 0.159 e. The highest BCUT2D eigenvalue weighted by molar-refractivity contribution is 7.75. The van der Waals surface area contributed by atoms with Gasteiger partial charge in [0.1, 0.15) is 0 Å². The van der Waals surface area contributed by atoms with Crippen molar-refractivity contribution in [2.45, 2.75) is 0 Å². The molecule has 1 N–H and O–H groups in total. The van der Waals surface area contributed by atoms with Crippen LogP contribution >= 0.6 is 0 Å². The molecule has 0 saturated carbocycles. The van der Waals surface area contributed by atoms with Crippen molar-refractivity contribution in [3.05, 3.63) is 0 Å². The van der Waals surface area contributed by atoms with E-state index in [4.69, 9.17) is 4.78 Å². The Bertz CT molecular complexity index is 144. The summed E-state index contributed by atoms with van der Waals surface area (Å²) in [6.45, 7) is 0. The molecule has 0 fully saturated rings. The molecule has 0 atom stereocenters. The van der Waals surface area contributed by atoms with Crippen molar-refractivity contribution in [2.24, 2.45) is 3.77 Å². The molecule has 0 amide bonds. The Labute approximate surface area is 40.0 Å². The molecule has 0 heterocycles. The van der Waals surface area contributed by atoms with Gasteiger partial charge in [-0.1, -0.05) is 0 Å². The van der Waals surface area contributed by atoms with E-state index < -0.39 is 10.5 Å². The first-order valence-corrected chi connectivity index (χ1v) is 2.71. The fourth-order valence-corrected chi connectivity index (χ4v) is 0.274. The summed E-state index contributed by atoms with van der Waals surface area (Å²) in [5, 5.41) is 0. The SMILES string of the molecule is N=[S+]N=S(=O)=O. The maximum absolute atomic E-state index is 9.29. The van der Waals surface area contributed by atoms with Crippen LogP contribution in [0.3, 0.4) is 0 Å². The van der Waals surface area contributed by atoms with E-state index in [2.05, 4.69) is 3.77 Å². The number of nitrogens with zero attached hydrogens (tertiary/aromatic N) is 1. The summed E-state index contributed by atoms with van der Waals surface area (Å²) in [5.41, 5.74) is 0. The first-order valence-electron chi connectivity index (χ1n) is 0.903. The van der Waals surface area contributed by atoms with Crippen molar-refractivity contribution in [3.63, 3.8) is 0 Å². The minimum Gasteiger partial charge on any atom is -0.159 e. The second kappa shape index (κ2) is 2.86. The van der Waals surface area contributed by atoms with Crippen LogP contribution < -0.4 is 0 Å². The Hall–Kier alpha value is -0.360. The fraction of sp³-hybridized carbons (Fsp3) is 0. The van der Waals surface area contributed by atoms with Gasteiger partial charge in [0.25, 0.3) is 0 Å². The van der Waals surface area contributed by atoms with Crippen LogP contribution in [0.4, 0.5) is 0 Å². The second-order valence-electron chi connectivity index (χ2n) is 0.383. The Morgan fingerprint density at radius 3 is 2.17 bits per heavy atom. The van der Waals surface area contributed by atoms with E-state index in [1.54, 1.807) is 0 Å². The van der Waals surface area contributed by atoms with E-state index in [-0.39, 0.29) is 11.7 Å². The van der Waals surface area contributed by atoms with Crippen LogP contribution in [0.15, 0.2) is 3.77 Å². The van der Waals surface area contributed by atoms with Gasteiger partial charge >= 0.3 is 22.2 Å². The van der Waals surface area contributed by atoms with Crippen molar-refractivity contribution >= 4 is 22.2 Å². The molecule has 0 aromatic heterocycles. The molecule has 0 unspecified atom stereocenters. The zero-order valence-corrected chi connectivity index (χ0v) is 4.21. The Morgan fingerprint density at radius 1 is 1.67 bits per heavy atom. The van der Waals surface area contributed by atoms with E-state index in [9.17, 15) is 8.42 Å². The van der Waals surface area contributed by atoms with Crippen LogP contribution in [0.1, 0.15) is 0 Å². The minimum absolute atomic E-state index is 0.172. The Morgan fingerprint density at radius 2 is 2.17 bits per heavy atom. The molecule has 34 valence electrons. The van der Waals surface area contributed by atoms with Gasteiger partial charge < -0.3 is 0 Å². The van der Waals surface area contributed by atoms with Crippen molar-refractivity contribution in [1.82, 2.24) is 0 Å². The van der Waals surface area contributed by atoms with Gasteiger partial charge in [0, 0.05) is 0 Å². The van der Waals surface area contributed by atoms with E-state index in [0.29, 0.717) is 0 Å². The summed E-state index contributed by atoms with van der Waals surface area (Å²) in [5.74, 6) is 0. The van der Waals surface area contributed by atoms with Gasteiger partial charge in [0.2, 0.25) is 0 Å². The number of hydrogen-bond donors (Lipinski definition) is 1. The third-order valence-electron chi connectivity index (χ3n) is 0.0981. The van der Waals surface area contributed by atoms with E-state index in [1.165, 1.54) is 0 Å². The number of rotatable bonds is 1. The molecule has 6 heteroatoms. The minimum atomic E-state index is -2.42. The monoisotopic (exact) mass is 125 g/mol. The molecular weight excluding hydrogens is 124 g/mol. The van der Waals surface area contributed by atoms with Crippen LogP contribution in [-0.2, 0) is 22.2 Å². The van der Waals surface area contributed by atoms with Crippen LogP contribution in [0.25, 0.3) is 0 Å². The van der Waals surface area contributed by atoms with E-state index in [1.807, 2.05) is 0 Å². The summed E-state index contributed by atoms with van der Waals surface area (Å²) in [6, 6.07) is 0. The lowest BCUT2D eigenvalue weighted by Crippen LogP contribution is -1.49. The second-order valence-corrected chi connectivity index (χ2v) is 1.60. The van der Waals surface area contributed by atoms with Crippen LogP contribution in [0.2, 0.25) is 0 Å². The van der Waals surface area contributed by atoms with Crippen molar-refractivity contribution in [1.29, 1.82) is 4.78 Å². The van der Waals surface area contributed by atoms with Gasteiger partial charge in [0.05, 0.1) is 0 Å². The normalized spacial score (nSPS) is 6.67. The molecule has 0 aromatic carbocycles. The third-order valence-corrected chi connectivity index (χ3v) is 0.883. The van der Waals surface area contributed by atoms with Crippen molar-refractivity contribution in [3.8, 4) is 0 Å². The van der Waals surface area contributed by atoms with Crippen molar-refractivity contribution < 1.29 is 8.42 Å². The highest BCUT2D eigenvalue weighted by Crippen LogP contribution is 1.53. The molecule has 6 heavy (non-hydrogen) atoms. The average molecular weight is 125 g/mol. The Balaban J connectivity index is 4.17. The van der Waals surface area contributed by atoms with Crippen LogP contribution in [0, 0.1) is 4.78 Å². The lowest BCUT2D eigenvalue weighted by Gasteiger charge is -1.25. The third kappa shape index (κ3) is 3.64. The highest BCUT2D eigenvalue weighted by Gasteiger charge is 1.77. The van der Waals surface area contributed by atoms with Crippen LogP contribution in [-0.4, -0.2) is 8.42 Å². The summed E-state index contributed by atoms with van der Waals surface area (Å²) in [4.78, 5) is 0. The first-order chi connectivity index (χ1) is 2.77. The fourth-order valence-electron chi connectivity index (χ4n) is 0.0304. The van der Waals surface area contributed by atoms with Gasteiger partial charge in [-0.05, 0) is 4.78 Å². The molecule has 0 saturated heterocycles. The zero-order chi connectivity index (χ0) is 4.99. The number of nitrogens with one attached hydrogen (secondary N) is 1. The molecule has 0 spiro atoms. The summed E-state index contributed by atoms with van der Waals surface area (Å²) in [6.07, 6.45) is 0. The maximum Gasteiger partial charge on any atom is 0.516 e. The molecule has 0 aliphatic rings. The number of hydrogen-bond acceptors (Lipinski definition) is 3. The van der Waals surface area contributed by atoms with Crippen molar-refractivity contribution in [2.75, 3.05) is 0 Å². The lowest BCUT2D eigenvalue weighted by molar-refractivity contribution is 0.623. The van der Waals surface area contributed by atoms with Gasteiger partial charge in [-0.3, -0.25) is 0 Å². The summed E-state index contributed by atoms with van der Waals surface area (Å²) >= 11 is 0.172. The molecule has 0 aliphatic heterocycles. The predicted molar refractivity (Wildman–Crippen MR) is 21.4 cm³/mol.